The zero-order chi connectivity index (χ0) is 13.8. The van der Waals surface area contributed by atoms with Gasteiger partial charge in [-0.3, -0.25) is 4.79 Å². The highest BCUT2D eigenvalue weighted by molar-refractivity contribution is 5.75. The van der Waals surface area contributed by atoms with E-state index in [1.165, 1.54) is 0 Å². The number of rotatable bonds is 3. The molecule has 1 atom stereocenters. The molecular formula is C14H24N2O3. The molecule has 2 aliphatic rings. The number of piperidine rings is 1. The van der Waals surface area contributed by atoms with Crippen molar-refractivity contribution < 1.29 is 14.7 Å². The van der Waals surface area contributed by atoms with Gasteiger partial charge in [-0.15, -0.1) is 0 Å². The standard InChI is InChI=1S/C14H24N2O3/c1-2-12-4-3-7-16(12)14(19)15-8-5-11(6-9-15)10-13(17)18/h11-12H,2-10H2,1H3,(H,17,18). The molecule has 0 spiro atoms. The van der Waals surface area contributed by atoms with Gasteiger partial charge in [0.1, 0.15) is 0 Å². The highest BCUT2D eigenvalue weighted by Crippen LogP contribution is 2.25. The lowest BCUT2D eigenvalue weighted by atomic mass is 9.94. The van der Waals surface area contributed by atoms with Crippen molar-refractivity contribution in [1.29, 1.82) is 0 Å². The third kappa shape index (κ3) is 3.39. The van der Waals surface area contributed by atoms with Gasteiger partial charge in [0, 0.05) is 32.1 Å². The molecule has 0 radical (unpaired) electrons. The Morgan fingerprint density at radius 3 is 2.42 bits per heavy atom. The number of hydrogen-bond acceptors (Lipinski definition) is 2. The maximum absolute atomic E-state index is 12.4. The number of nitrogens with zero attached hydrogens (tertiary/aromatic N) is 2. The van der Waals surface area contributed by atoms with Crippen molar-refractivity contribution in [3.05, 3.63) is 0 Å². The lowest BCUT2D eigenvalue weighted by Gasteiger charge is -2.36. The number of carbonyl (C=O) groups excluding carboxylic acids is 1. The average molecular weight is 268 g/mol. The van der Waals surface area contributed by atoms with Gasteiger partial charge in [-0.1, -0.05) is 6.92 Å². The zero-order valence-electron chi connectivity index (χ0n) is 11.7. The maximum Gasteiger partial charge on any atom is 0.320 e. The number of carboxylic acid groups (broad SMARTS) is 1. The molecule has 1 N–H and O–H groups in total. The summed E-state index contributed by atoms with van der Waals surface area (Å²) in [5.41, 5.74) is 0. The molecule has 0 bridgehead atoms. The lowest BCUT2D eigenvalue weighted by molar-refractivity contribution is -0.138. The molecule has 5 heteroatoms. The Balaban J connectivity index is 1.83. The summed E-state index contributed by atoms with van der Waals surface area (Å²) >= 11 is 0. The molecule has 2 amide bonds. The van der Waals surface area contributed by atoms with Crippen LogP contribution in [0.5, 0.6) is 0 Å². The van der Waals surface area contributed by atoms with Crippen LogP contribution < -0.4 is 0 Å². The molecule has 2 rings (SSSR count). The molecule has 0 aromatic carbocycles. The summed E-state index contributed by atoms with van der Waals surface area (Å²) < 4.78 is 0. The summed E-state index contributed by atoms with van der Waals surface area (Å²) in [6, 6.07) is 0.572. The Morgan fingerprint density at radius 1 is 1.16 bits per heavy atom. The van der Waals surface area contributed by atoms with E-state index in [2.05, 4.69) is 6.92 Å². The molecule has 2 heterocycles. The van der Waals surface area contributed by atoms with Crippen molar-refractivity contribution >= 4 is 12.0 Å². The van der Waals surface area contributed by atoms with Gasteiger partial charge in [0.15, 0.2) is 0 Å². The minimum atomic E-state index is -0.727. The zero-order valence-corrected chi connectivity index (χ0v) is 11.7. The molecule has 5 nitrogen and oxygen atoms in total. The van der Waals surface area contributed by atoms with E-state index in [9.17, 15) is 9.59 Å². The fraction of sp³-hybridized carbons (Fsp3) is 0.857. The number of hydrogen-bond donors (Lipinski definition) is 1. The molecule has 19 heavy (non-hydrogen) atoms. The van der Waals surface area contributed by atoms with E-state index in [1.807, 2.05) is 9.80 Å². The maximum atomic E-state index is 12.4. The van der Waals surface area contributed by atoms with Crippen LogP contribution in [0.4, 0.5) is 4.79 Å². The van der Waals surface area contributed by atoms with E-state index in [0.717, 1.165) is 38.6 Å². The first kappa shape index (κ1) is 14.2. The number of aliphatic carboxylic acids is 1. The Kier molecular flexibility index (Phi) is 4.66. The highest BCUT2D eigenvalue weighted by atomic mass is 16.4. The third-order valence-electron chi connectivity index (χ3n) is 4.44. The molecule has 2 saturated heterocycles. The molecule has 0 aromatic heterocycles. The van der Waals surface area contributed by atoms with Crippen molar-refractivity contribution in [1.82, 2.24) is 9.80 Å². The summed E-state index contributed by atoms with van der Waals surface area (Å²) in [4.78, 5) is 27.0. The molecule has 108 valence electrons. The van der Waals surface area contributed by atoms with Gasteiger partial charge in [-0.05, 0) is 38.0 Å². The number of carboxylic acids is 1. The topological polar surface area (TPSA) is 60.9 Å². The number of urea groups is 1. The van der Waals surface area contributed by atoms with Gasteiger partial charge >= 0.3 is 12.0 Å². The van der Waals surface area contributed by atoms with E-state index < -0.39 is 5.97 Å². The molecule has 0 aromatic rings. The van der Waals surface area contributed by atoms with Crippen LogP contribution in [-0.2, 0) is 4.79 Å². The summed E-state index contributed by atoms with van der Waals surface area (Å²) in [6.45, 7) is 4.44. The van der Waals surface area contributed by atoms with E-state index >= 15 is 0 Å². The summed E-state index contributed by atoms with van der Waals surface area (Å²) in [7, 11) is 0. The smallest absolute Gasteiger partial charge is 0.320 e. The first-order chi connectivity index (χ1) is 9.11. The van der Waals surface area contributed by atoms with Crippen molar-refractivity contribution in [2.75, 3.05) is 19.6 Å². The number of likely N-dealkylation sites (tertiary alicyclic amines) is 2. The van der Waals surface area contributed by atoms with Crippen LogP contribution in [0, 0.1) is 5.92 Å². The largest absolute Gasteiger partial charge is 0.481 e. The summed E-state index contributed by atoms with van der Waals surface area (Å²) in [6.07, 6.45) is 5.15. The first-order valence-electron chi connectivity index (χ1n) is 7.39. The van der Waals surface area contributed by atoms with Crippen LogP contribution in [0.3, 0.4) is 0 Å². The molecule has 0 saturated carbocycles. The van der Waals surface area contributed by atoms with E-state index in [0.29, 0.717) is 19.1 Å². The van der Waals surface area contributed by atoms with Crippen LogP contribution in [0.25, 0.3) is 0 Å². The lowest BCUT2D eigenvalue weighted by Crippen LogP contribution is -2.48. The van der Waals surface area contributed by atoms with E-state index in [4.69, 9.17) is 5.11 Å². The van der Waals surface area contributed by atoms with Crippen LogP contribution in [0.1, 0.15) is 45.4 Å². The number of amides is 2. The molecule has 0 aliphatic carbocycles. The Bertz CT molecular complexity index is 338. The summed E-state index contributed by atoms with van der Waals surface area (Å²) in [5.74, 6) is -0.488. The van der Waals surface area contributed by atoms with Crippen LogP contribution in [-0.4, -0.2) is 52.6 Å². The normalized spacial score (nSPS) is 24.8. The monoisotopic (exact) mass is 268 g/mol. The summed E-state index contributed by atoms with van der Waals surface area (Å²) in [5, 5.41) is 8.79. The predicted octanol–water partition coefficient (Wildman–Crippen LogP) is 2.17. The van der Waals surface area contributed by atoms with E-state index in [-0.39, 0.29) is 18.4 Å². The predicted molar refractivity (Wildman–Crippen MR) is 72.0 cm³/mol. The van der Waals surface area contributed by atoms with Crippen LogP contribution in [0.2, 0.25) is 0 Å². The van der Waals surface area contributed by atoms with Gasteiger partial charge < -0.3 is 14.9 Å². The second-order valence-corrected chi connectivity index (χ2v) is 5.71. The van der Waals surface area contributed by atoms with Crippen molar-refractivity contribution in [2.45, 2.75) is 51.5 Å². The van der Waals surface area contributed by atoms with Crippen LogP contribution >= 0.6 is 0 Å². The second-order valence-electron chi connectivity index (χ2n) is 5.71. The Hall–Kier alpha value is -1.26. The number of carbonyl (C=O) groups is 2. The highest BCUT2D eigenvalue weighted by Gasteiger charge is 2.32. The fourth-order valence-electron chi connectivity index (χ4n) is 3.27. The van der Waals surface area contributed by atoms with Crippen LogP contribution in [0.15, 0.2) is 0 Å². The van der Waals surface area contributed by atoms with Gasteiger partial charge in [-0.2, -0.15) is 0 Å². The first-order valence-corrected chi connectivity index (χ1v) is 7.39. The van der Waals surface area contributed by atoms with Gasteiger partial charge in [0.25, 0.3) is 0 Å². The van der Waals surface area contributed by atoms with Crippen molar-refractivity contribution in [2.24, 2.45) is 5.92 Å². The molecular weight excluding hydrogens is 244 g/mol. The Labute approximate surface area is 114 Å². The van der Waals surface area contributed by atoms with Crippen molar-refractivity contribution in [3.63, 3.8) is 0 Å². The Morgan fingerprint density at radius 2 is 1.84 bits per heavy atom. The van der Waals surface area contributed by atoms with Crippen molar-refractivity contribution in [3.8, 4) is 0 Å². The van der Waals surface area contributed by atoms with Gasteiger partial charge in [0.05, 0.1) is 0 Å². The SMILES string of the molecule is CCC1CCCN1C(=O)N1CCC(CC(=O)O)CC1. The van der Waals surface area contributed by atoms with Gasteiger partial charge in [-0.25, -0.2) is 4.79 Å². The quantitative estimate of drug-likeness (QED) is 0.853. The third-order valence-corrected chi connectivity index (χ3v) is 4.44. The minimum Gasteiger partial charge on any atom is -0.481 e. The second kappa shape index (κ2) is 6.26. The molecule has 1 unspecified atom stereocenters. The van der Waals surface area contributed by atoms with Gasteiger partial charge in [0.2, 0.25) is 0 Å². The minimum absolute atomic E-state index is 0.165. The molecule has 2 aliphatic heterocycles. The van der Waals surface area contributed by atoms with E-state index in [1.54, 1.807) is 0 Å². The average Bonchev–Trinajstić information content (AvgIpc) is 2.86. The molecule has 2 fully saturated rings. The fourth-order valence-corrected chi connectivity index (χ4v) is 3.27.